The summed E-state index contributed by atoms with van der Waals surface area (Å²) in [5, 5.41) is 33.9. The molecule has 0 radical (unpaired) electrons. The van der Waals surface area contributed by atoms with Gasteiger partial charge in [-0.15, -0.1) is 5.71 Å². The van der Waals surface area contributed by atoms with E-state index in [1.54, 1.807) is 32.2 Å². The minimum absolute atomic E-state index is 0.0169. The second kappa shape index (κ2) is 10.8. The molecule has 1 aliphatic heterocycles. The number of phenols is 1. The maximum atomic E-state index is 14.3. The van der Waals surface area contributed by atoms with Crippen LogP contribution in [0.4, 0.5) is 0 Å². The summed E-state index contributed by atoms with van der Waals surface area (Å²) < 4.78 is 23.1. The van der Waals surface area contributed by atoms with E-state index in [2.05, 4.69) is 4.90 Å². The van der Waals surface area contributed by atoms with Gasteiger partial charge in [0.2, 0.25) is 0 Å². The van der Waals surface area contributed by atoms with Crippen LogP contribution in [0.2, 0.25) is 0 Å². The molecule has 0 aromatic heterocycles. The number of allylic oxidation sites excluding steroid dienone is 1. The number of nitrogens with zero attached hydrogens (tertiary/aromatic N) is 3. The number of fused-ring (bicyclic) bond motifs is 3. The van der Waals surface area contributed by atoms with Crippen LogP contribution in [0.15, 0.2) is 28.7 Å². The van der Waals surface area contributed by atoms with Gasteiger partial charge in [-0.2, -0.15) is 0 Å². The smallest absolute Gasteiger partial charge is 0.250 e. The Morgan fingerprint density at radius 2 is 1.90 bits per heavy atom. The van der Waals surface area contributed by atoms with Crippen molar-refractivity contribution in [3.63, 3.8) is 0 Å². The number of primary amides is 1. The van der Waals surface area contributed by atoms with Gasteiger partial charge in [-0.05, 0) is 38.9 Å². The Labute approximate surface area is 238 Å². The minimum atomic E-state index is -1.78. The van der Waals surface area contributed by atoms with Crippen molar-refractivity contribution >= 4 is 17.4 Å². The van der Waals surface area contributed by atoms with Crippen LogP contribution >= 0.6 is 0 Å². The van der Waals surface area contributed by atoms with Gasteiger partial charge in [0.15, 0.2) is 5.78 Å². The number of carbonyl (C=O) groups excluding carboxylic acids is 2. The number of benzene rings is 1. The molecule has 12 nitrogen and oxygen atoms in total. The number of Topliss-reactive ketones (excluding diaryl/α,β-unsaturated/α-hetero) is 1. The van der Waals surface area contributed by atoms with Crippen LogP contribution in [0.25, 0.3) is 5.41 Å². The normalized spacial score (nSPS) is 28.4. The number of nitrogens with two attached hydrogens (primary N) is 1. The number of ether oxygens (including phenoxy) is 4. The quantitative estimate of drug-likeness (QED) is 0.433. The summed E-state index contributed by atoms with van der Waals surface area (Å²) >= 11 is 0. The van der Waals surface area contributed by atoms with Crippen molar-refractivity contribution in [2.45, 2.75) is 31.0 Å². The van der Waals surface area contributed by atoms with Gasteiger partial charge in [-0.1, -0.05) is 0 Å². The second-order valence-corrected chi connectivity index (χ2v) is 11.2. The lowest BCUT2D eigenvalue weighted by Crippen LogP contribution is -2.64. The number of hydrogen-bond acceptors (Lipinski definition) is 10. The summed E-state index contributed by atoms with van der Waals surface area (Å²) in [5.74, 6) is -2.61. The molecule has 41 heavy (non-hydrogen) atoms. The third-order valence-electron chi connectivity index (χ3n) is 8.94. The van der Waals surface area contributed by atoms with E-state index in [9.17, 15) is 25.2 Å². The fraction of sp³-hybridized carbons (Fsp3) is 0.552. The van der Waals surface area contributed by atoms with Crippen LogP contribution in [0.5, 0.6) is 11.5 Å². The number of hydrogen-bond donors (Lipinski definition) is 3. The van der Waals surface area contributed by atoms with E-state index < -0.39 is 46.5 Å². The van der Waals surface area contributed by atoms with E-state index in [0.29, 0.717) is 37.5 Å². The number of methoxy groups -OCH3 is 3. The van der Waals surface area contributed by atoms with E-state index in [1.807, 2.05) is 0 Å². The highest BCUT2D eigenvalue weighted by Gasteiger charge is 2.60. The van der Waals surface area contributed by atoms with Gasteiger partial charge in [0.05, 0.1) is 44.6 Å². The first kappa shape index (κ1) is 29.1. The first-order valence-corrected chi connectivity index (χ1v) is 13.6. The number of phenolic OH excluding ortho intramolecular Hbond substituents is 1. The number of carbonyl (C=O) groups is 2. The van der Waals surface area contributed by atoms with E-state index in [0.717, 1.165) is 18.7 Å². The number of aliphatic hydroxyl groups is 1. The Balaban J connectivity index is 1.70. The number of aromatic hydroxyl groups is 1. The van der Waals surface area contributed by atoms with Gasteiger partial charge < -0.3 is 40.3 Å². The summed E-state index contributed by atoms with van der Waals surface area (Å²) in [6.07, 6.45) is 0.614. The minimum Gasteiger partial charge on any atom is -0.804 e. The summed E-state index contributed by atoms with van der Waals surface area (Å²) in [7, 11) is 7.71. The zero-order valence-corrected chi connectivity index (χ0v) is 24.0. The van der Waals surface area contributed by atoms with Crippen molar-refractivity contribution in [1.82, 2.24) is 9.80 Å². The molecule has 1 saturated heterocycles. The molecule has 4 aliphatic rings. The Bertz CT molecular complexity index is 1360. The molecular formula is C29H37N4O8-. The Kier molecular flexibility index (Phi) is 7.62. The molecule has 0 bridgehead atoms. The van der Waals surface area contributed by atoms with Crippen LogP contribution < -0.4 is 10.5 Å². The van der Waals surface area contributed by atoms with Gasteiger partial charge in [-0.25, -0.2) is 0 Å². The molecule has 1 heterocycles. The number of amides is 1. The highest BCUT2D eigenvalue weighted by atomic mass is 16.5. The second-order valence-electron chi connectivity index (χ2n) is 11.2. The Morgan fingerprint density at radius 3 is 2.46 bits per heavy atom. The molecule has 4 atom stereocenters. The molecule has 5 rings (SSSR count). The van der Waals surface area contributed by atoms with Gasteiger partial charge in [-0.3, -0.25) is 19.4 Å². The van der Waals surface area contributed by atoms with Crippen molar-refractivity contribution in [3.05, 3.63) is 50.8 Å². The lowest BCUT2D eigenvalue weighted by Gasteiger charge is -2.56. The largest absolute Gasteiger partial charge is 0.804 e. The number of ketones is 1. The molecular weight excluding hydrogens is 532 g/mol. The molecule has 3 aliphatic carbocycles. The predicted octanol–water partition coefficient (Wildman–Crippen LogP) is 1.15. The van der Waals surface area contributed by atoms with Gasteiger partial charge in [0.1, 0.15) is 28.6 Å². The molecule has 0 spiro atoms. The van der Waals surface area contributed by atoms with Crippen LogP contribution in [-0.2, 0) is 32.0 Å². The van der Waals surface area contributed by atoms with Crippen molar-refractivity contribution in [2.75, 3.05) is 61.7 Å². The van der Waals surface area contributed by atoms with Gasteiger partial charge in [0, 0.05) is 49.4 Å². The van der Waals surface area contributed by atoms with Gasteiger partial charge in [0.25, 0.3) is 5.91 Å². The van der Waals surface area contributed by atoms with E-state index >= 15 is 0 Å². The molecule has 4 N–H and O–H groups in total. The molecule has 1 fully saturated rings. The molecule has 1 aromatic carbocycles. The summed E-state index contributed by atoms with van der Waals surface area (Å²) in [6.45, 7) is 3.24. The van der Waals surface area contributed by atoms with Crippen LogP contribution in [0, 0.1) is 11.8 Å². The summed E-state index contributed by atoms with van der Waals surface area (Å²) in [6, 6.07) is 0.772. The zero-order valence-electron chi connectivity index (χ0n) is 24.0. The van der Waals surface area contributed by atoms with Crippen LogP contribution in [0.3, 0.4) is 0 Å². The first-order valence-electron chi connectivity index (χ1n) is 13.6. The predicted molar refractivity (Wildman–Crippen MR) is 149 cm³/mol. The van der Waals surface area contributed by atoms with Crippen molar-refractivity contribution in [3.8, 4) is 11.5 Å². The maximum Gasteiger partial charge on any atom is 0.250 e. The molecule has 12 heteroatoms. The van der Waals surface area contributed by atoms with E-state index in [4.69, 9.17) is 24.7 Å². The summed E-state index contributed by atoms with van der Waals surface area (Å²) in [5.41, 5.74) is 4.41. The van der Waals surface area contributed by atoms with Crippen molar-refractivity contribution in [2.24, 2.45) is 17.6 Å². The van der Waals surface area contributed by atoms with Crippen molar-refractivity contribution < 1.29 is 38.7 Å². The molecule has 0 saturated carbocycles. The van der Waals surface area contributed by atoms with E-state index in [-0.39, 0.29) is 34.8 Å². The number of morpholine rings is 1. The fourth-order valence-corrected chi connectivity index (χ4v) is 7.31. The molecule has 0 unspecified atom stereocenters. The Hall–Kier alpha value is -3.45. The lowest BCUT2D eigenvalue weighted by atomic mass is 9.58. The lowest BCUT2D eigenvalue weighted by molar-refractivity contribution is -0.115. The Morgan fingerprint density at radius 1 is 1.22 bits per heavy atom. The highest BCUT2D eigenvalue weighted by Crippen LogP contribution is 2.55. The van der Waals surface area contributed by atoms with Crippen LogP contribution in [0.1, 0.15) is 27.9 Å². The summed E-state index contributed by atoms with van der Waals surface area (Å²) in [4.78, 5) is 30.6. The molecule has 1 amide bonds. The fourth-order valence-electron chi connectivity index (χ4n) is 7.31. The maximum absolute atomic E-state index is 14.3. The topological polar surface area (TPSA) is 166 Å². The van der Waals surface area contributed by atoms with E-state index in [1.165, 1.54) is 14.2 Å². The highest BCUT2D eigenvalue weighted by molar-refractivity contribution is 6.28. The first-order chi connectivity index (χ1) is 19.5. The number of likely N-dealkylation sites (N-methyl/N-ethyl adjacent to an activating group) is 1. The monoisotopic (exact) mass is 569 g/mol. The van der Waals surface area contributed by atoms with Crippen molar-refractivity contribution in [1.29, 1.82) is 0 Å². The number of rotatable bonds is 7. The van der Waals surface area contributed by atoms with Gasteiger partial charge >= 0.3 is 0 Å². The zero-order chi connectivity index (χ0) is 29.8. The SMILES string of the molecule is COC1=C2C(=O)c3c(O)cc(CN4CCOCC4)c(OC)c3C[C@H]2C[C@H]2[C@H](N(C)C)C(O)=C(C(N)=O)C(=[N-])[C@@]12OC. The average molecular weight is 570 g/mol. The molecule has 1 aromatic rings. The third kappa shape index (κ3) is 4.23. The van der Waals surface area contributed by atoms with Crippen LogP contribution in [-0.4, -0.2) is 111 Å². The average Bonchev–Trinajstić information content (AvgIpc) is 2.92. The molecule has 222 valence electrons. The standard InChI is InChI=1S/C29H37N4O8/c1-32(2)22-17-11-14-10-16-20(18(34)12-15(25(16)38-3)13-33-6-8-41-9-7-33)23(35)19(14)27(39-4)29(17,40-5)26(30)21(24(22)36)28(31)37/h12,14,17,22,34,36H,6-11,13H2,1-5H3,(H2,31,37)/q-1/t14-,17-,22-,29+/m0/s1. The number of aliphatic hydroxyl groups excluding tert-OH is 1. The third-order valence-corrected chi connectivity index (χ3v) is 8.94.